The third kappa shape index (κ3) is 2.38. The van der Waals surface area contributed by atoms with Crippen LogP contribution in [0, 0.1) is 0 Å². The second-order valence-electron chi connectivity index (χ2n) is 6.01. The van der Waals surface area contributed by atoms with Crippen LogP contribution in [0.15, 0.2) is 47.4 Å². The molecule has 3 rings (SSSR count). The largest absolute Gasteiger partial charge is 0.392 e. The average Bonchev–Trinajstić information content (AvgIpc) is 2.47. The van der Waals surface area contributed by atoms with Gasteiger partial charge >= 0.3 is 0 Å². The molecule has 0 fully saturated rings. The van der Waals surface area contributed by atoms with Crippen molar-refractivity contribution in [2.75, 3.05) is 5.75 Å². The molecular weight excluding hydrogens is 264 g/mol. The summed E-state index contributed by atoms with van der Waals surface area (Å²) in [5.74, 6) is 1.20. The summed E-state index contributed by atoms with van der Waals surface area (Å²) in [6, 6.07) is 14.8. The van der Waals surface area contributed by atoms with E-state index in [4.69, 9.17) is 0 Å². The smallest absolute Gasteiger partial charge is 0.0687 e. The van der Waals surface area contributed by atoms with Gasteiger partial charge in [0.2, 0.25) is 0 Å². The first-order valence-electron chi connectivity index (χ1n) is 7.08. The SMILES string of the molecule is CC1(C)CCSc2ccc(-c3ccccc3CO)cc21. The van der Waals surface area contributed by atoms with Crippen molar-refractivity contribution in [2.45, 2.75) is 37.2 Å². The molecule has 0 saturated carbocycles. The summed E-state index contributed by atoms with van der Waals surface area (Å²) in [5, 5.41) is 9.52. The van der Waals surface area contributed by atoms with Gasteiger partial charge in [0.1, 0.15) is 0 Å². The fraction of sp³-hybridized carbons (Fsp3) is 0.333. The molecule has 1 N–H and O–H groups in total. The number of benzene rings is 2. The summed E-state index contributed by atoms with van der Waals surface area (Å²) in [5.41, 5.74) is 5.03. The monoisotopic (exact) mass is 284 g/mol. The first kappa shape index (κ1) is 13.7. The van der Waals surface area contributed by atoms with Crippen molar-refractivity contribution >= 4 is 11.8 Å². The van der Waals surface area contributed by atoms with E-state index in [1.165, 1.54) is 28.2 Å². The molecule has 0 bridgehead atoms. The van der Waals surface area contributed by atoms with E-state index in [-0.39, 0.29) is 12.0 Å². The highest BCUT2D eigenvalue weighted by atomic mass is 32.2. The third-order valence-corrected chi connectivity index (χ3v) is 5.27. The van der Waals surface area contributed by atoms with E-state index in [9.17, 15) is 5.11 Å². The Kier molecular flexibility index (Phi) is 3.61. The number of thioether (sulfide) groups is 1. The molecular formula is C18H20OS. The lowest BCUT2D eigenvalue weighted by molar-refractivity contribution is 0.282. The van der Waals surface area contributed by atoms with E-state index in [2.05, 4.69) is 38.1 Å². The highest BCUT2D eigenvalue weighted by Crippen LogP contribution is 2.43. The molecule has 2 aromatic rings. The Balaban J connectivity index is 2.13. The Bertz CT molecular complexity index is 631. The molecule has 2 heteroatoms. The van der Waals surface area contributed by atoms with Crippen LogP contribution in [0.4, 0.5) is 0 Å². The van der Waals surface area contributed by atoms with Crippen molar-refractivity contribution in [3.8, 4) is 11.1 Å². The zero-order valence-electron chi connectivity index (χ0n) is 12.0. The molecule has 0 aromatic heterocycles. The fourth-order valence-corrected chi connectivity index (χ4v) is 4.33. The second-order valence-corrected chi connectivity index (χ2v) is 7.15. The van der Waals surface area contributed by atoms with E-state index in [0.29, 0.717) is 0 Å². The van der Waals surface area contributed by atoms with E-state index >= 15 is 0 Å². The molecule has 0 amide bonds. The molecule has 2 aromatic carbocycles. The topological polar surface area (TPSA) is 20.2 Å². The van der Waals surface area contributed by atoms with Gasteiger partial charge in [-0.15, -0.1) is 11.8 Å². The molecule has 0 atom stereocenters. The summed E-state index contributed by atoms with van der Waals surface area (Å²) >= 11 is 1.96. The van der Waals surface area contributed by atoms with Crippen LogP contribution in [0.3, 0.4) is 0 Å². The number of hydrogen-bond donors (Lipinski definition) is 1. The van der Waals surface area contributed by atoms with Crippen molar-refractivity contribution in [1.29, 1.82) is 0 Å². The van der Waals surface area contributed by atoms with E-state index in [0.717, 1.165) is 11.1 Å². The van der Waals surface area contributed by atoms with E-state index in [1.54, 1.807) is 0 Å². The molecule has 20 heavy (non-hydrogen) atoms. The van der Waals surface area contributed by atoms with Gasteiger partial charge in [-0.1, -0.05) is 44.2 Å². The summed E-state index contributed by atoms with van der Waals surface area (Å²) in [4.78, 5) is 1.41. The van der Waals surface area contributed by atoms with Crippen LogP contribution in [0.25, 0.3) is 11.1 Å². The van der Waals surface area contributed by atoms with Crippen molar-refractivity contribution in [3.63, 3.8) is 0 Å². The standard InChI is InChI=1S/C18H20OS/c1-18(2)9-10-20-17-8-7-13(11-16(17)18)15-6-4-3-5-14(15)12-19/h3-8,11,19H,9-10,12H2,1-2H3. The fourth-order valence-electron chi connectivity index (χ4n) is 2.84. The van der Waals surface area contributed by atoms with Crippen LogP contribution in [-0.4, -0.2) is 10.9 Å². The average molecular weight is 284 g/mol. The summed E-state index contributed by atoms with van der Waals surface area (Å²) in [6.45, 7) is 4.74. The predicted octanol–water partition coefficient (Wildman–Crippen LogP) is 4.62. The zero-order valence-corrected chi connectivity index (χ0v) is 12.8. The minimum Gasteiger partial charge on any atom is -0.392 e. The molecule has 1 aliphatic rings. The van der Waals surface area contributed by atoms with Gasteiger partial charge in [-0.2, -0.15) is 0 Å². The van der Waals surface area contributed by atoms with Crippen LogP contribution in [-0.2, 0) is 12.0 Å². The quantitative estimate of drug-likeness (QED) is 0.868. The Morgan fingerprint density at radius 1 is 1.15 bits per heavy atom. The first-order valence-corrected chi connectivity index (χ1v) is 8.07. The summed E-state index contributed by atoms with van der Waals surface area (Å²) < 4.78 is 0. The van der Waals surface area contributed by atoms with Crippen molar-refractivity contribution in [1.82, 2.24) is 0 Å². The lowest BCUT2D eigenvalue weighted by Gasteiger charge is -2.32. The third-order valence-electron chi connectivity index (χ3n) is 4.19. The number of hydrogen-bond acceptors (Lipinski definition) is 2. The van der Waals surface area contributed by atoms with E-state index in [1.807, 2.05) is 30.0 Å². The molecule has 1 heterocycles. The van der Waals surface area contributed by atoms with Gasteiger partial charge in [-0.3, -0.25) is 0 Å². The minimum absolute atomic E-state index is 0.0887. The van der Waals surface area contributed by atoms with Crippen molar-refractivity contribution in [2.24, 2.45) is 0 Å². The molecule has 1 nitrogen and oxygen atoms in total. The molecule has 1 aliphatic heterocycles. The summed E-state index contributed by atoms with van der Waals surface area (Å²) in [7, 11) is 0. The highest BCUT2D eigenvalue weighted by molar-refractivity contribution is 7.99. The normalized spacial score (nSPS) is 16.8. The lowest BCUT2D eigenvalue weighted by Crippen LogP contribution is -2.22. The zero-order chi connectivity index (χ0) is 14.2. The van der Waals surface area contributed by atoms with Crippen molar-refractivity contribution < 1.29 is 5.11 Å². The van der Waals surface area contributed by atoms with Gasteiger partial charge in [0, 0.05) is 4.90 Å². The van der Waals surface area contributed by atoms with Gasteiger partial charge in [0.15, 0.2) is 0 Å². The van der Waals surface area contributed by atoms with E-state index < -0.39 is 0 Å². The van der Waals surface area contributed by atoms with Crippen molar-refractivity contribution in [3.05, 3.63) is 53.6 Å². The molecule has 0 aliphatic carbocycles. The molecule has 0 radical (unpaired) electrons. The van der Waals surface area contributed by atoms with Gasteiger partial charge in [0.25, 0.3) is 0 Å². The number of aliphatic hydroxyl groups excluding tert-OH is 1. The maximum atomic E-state index is 9.52. The Labute approximate surface area is 125 Å². The lowest BCUT2D eigenvalue weighted by atomic mass is 9.80. The Hall–Kier alpha value is -1.25. The molecule has 0 spiro atoms. The second kappa shape index (κ2) is 5.27. The van der Waals surface area contributed by atoms with Gasteiger partial charge in [0.05, 0.1) is 6.61 Å². The maximum absolute atomic E-state index is 9.52. The molecule has 0 unspecified atom stereocenters. The first-order chi connectivity index (χ1) is 9.62. The minimum atomic E-state index is 0.0887. The van der Waals surface area contributed by atoms with Gasteiger partial charge in [-0.05, 0) is 52.0 Å². The van der Waals surface area contributed by atoms with Crippen LogP contribution >= 0.6 is 11.8 Å². The molecule has 0 saturated heterocycles. The summed E-state index contributed by atoms with van der Waals surface area (Å²) in [6.07, 6.45) is 1.22. The maximum Gasteiger partial charge on any atom is 0.0687 e. The number of fused-ring (bicyclic) bond motifs is 1. The van der Waals surface area contributed by atoms with Crippen LogP contribution < -0.4 is 0 Å². The number of aliphatic hydroxyl groups is 1. The van der Waals surface area contributed by atoms with Gasteiger partial charge in [-0.25, -0.2) is 0 Å². The Morgan fingerprint density at radius 3 is 2.75 bits per heavy atom. The number of rotatable bonds is 2. The molecule has 104 valence electrons. The predicted molar refractivity (Wildman–Crippen MR) is 86.2 cm³/mol. The van der Waals surface area contributed by atoms with Crippen LogP contribution in [0.5, 0.6) is 0 Å². The van der Waals surface area contributed by atoms with Crippen LogP contribution in [0.2, 0.25) is 0 Å². The van der Waals surface area contributed by atoms with Crippen LogP contribution in [0.1, 0.15) is 31.4 Å². The van der Waals surface area contributed by atoms with Gasteiger partial charge < -0.3 is 5.11 Å². The Morgan fingerprint density at radius 2 is 1.95 bits per heavy atom. The highest BCUT2D eigenvalue weighted by Gasteiger charge is 2.28.